The number of rotatable bonds is 2. The van der Waals surface area contributed by atoms with Gasteiger partial charge >= 0.3 is 6.18 Å². The van der Waals surface area contributed by atoms with Crippen LogP contribution in [0.5, 0.6) is 0 Å². The first-order chi connectivity index (χ1) is 11.3. The van der Waals surface area contributed by atoms with E-state index in [2.05, 4.69) is 15.3 Å². The Labute approximate surface area is 143 Å². The summed E-state index contributed by atoms with van der Waals surface area (Å²) in [5, 5.41) is 4.68. The zero-order chi connectivity index (χ0) is 17.5. The molecule has 1 N–H and O–H groups in total. The highest BCUT2D eigenvalue weighted by molar-refractivity contribution is 7.11. The van der Waals surface area contributed by atoms with Crippen LogP contribution in [0.4, 0.5) is 17.6 Å². The van der Waals surface area contributed by atoms with Crippen molar-refractivity contribution in [1.82, 2.24) is 10.3 Å². The van der Waals surface area contributed by atoms with Crippen LogP contribution in [0.1, 0.15) is 23.5 Å². The molecular weight excluding hydrogens is 366 g/mol. The summed E-state index contributed by atoms with van der Waals surface area (Å²) in [7, 11) is 0. The van der Waals surface area contributed by atoms with Crippen molar-refractivity contribution in [2.75, 3.05) is 0 Å². The molecule has 1 aliphatic heterocycles. The Balaban J connectivity index is 2.16. The van der Waals surface area contributed by atoms with Gasteiger partial charge in [-0.25, -0.2) is 9.37 Å². The molecule has 0 radical (unpaired) electrons. The highest BCUT2D eigenvalue weighted by Gasteiger charge is 2.44. The maximum atomic E-state index is 13.5. The Bertz CT molecular complexity index is 828. The molecule has 2 heterocycles. The lowest BCUT2D eigenvalue weighted by atomic mass is 9.95. The summed E-state index contributed by atoms with van der Waals surface area (Å²) < 4.78 is 53.8. The monoisotopic (exact) mass is 375 g/mol. The van der Waals surface area contributed by atoms with Crippen LogP contribution >= 0.6 is 22.9 Å². The Morgan fingerprint density at radius 2 is 2.04 bits per heavy atom. The number of aliphatic imine (C=N–C) groups is 1. The molecule has 0 saturated carbocycles. The van der Waals surface area contributed by atoms with E-state index in [-0.39, 0.29) is 22.1 Å². The highest BCUT2D eigenvalue weighted by Crippen LogP contribution is 2.43. The van der Waals surface area contributed by atoms with E-state index >= 15 is 0 Å². The summed E-state index contributed by atoms with van der Waals surface area (Å²) in [4.78, 5) is 8.21. The van der Waals surface area contributed by atoms with Gasteiger partial charge in [0.2, 0.25) is 0 Å². The minimum Gasteiger partial charge on any atom is -0.341 e. The van der Waals surface area contributed by atoms with Crippen molar-refractivity contribution in [3.8, 4) is 0 Å². The second kappa shape index (κ2) is 6.18. The quantitative estimate of drug-likeness (QED) is 0.761. The fourth-order valence-electron chi connectivity index (χ4n) is 2.44. The predicted octanol–water partition coefficient (Wildman–Crippen LogP) is 4.86. The first-order valence-corrected chi connectivity index (χ1v) is 8.00. The number of nitrogens with one attached hydrogen (secondary N) is 1. The molecule has 1 aliphatic rings. The highest BCUT2D eigenvalue weighted by atomic mass is 35.5. The molecule has 2 aromatic rings. The lowest BCUT2D eigenvalue weighted by Crippen LogP contribution is -2.34. The van der Waals surface area contributed by atoms with Gasteiger partial charge in [0.05, 0.1) is 5.57 Å². The molecule has 1 atom stereocenters. The number of alkyl halides is 3. The number of hydrogen-bond acceptors (Lipinski definition) is 4. The van der Waals surface area contributed by atoms with Gasteiger partial charge < -0.3 is 5.32 Å². The summed E-state index contributed by atoms with van der Waals surface area (Å²) in [6.45, 7) is 1.32. The van der Waals surface area contributed by atoms with Crippen LogP contribution in [0.25, 0.3) is 0 Å². The molecule has 9 heteroatoms. The van der Waals surface area contributed by atoms with Crippen molar-refractivity contribution < 1.29 is 17.6 Å². The van der Waals surface area contributed by atoms with E-state index < -0.39 is 23.6 Å². The molecule has 1 aromatic heterocycles. The predicted molar refractivity (Wildman–Crippen MR) is 84.7 cm³/mol. The van der Waals surface area contributed by atoms with Gasteiger partial charge in [-0.05, 0) is 24.6 Å². The summed E-state index contributed by atoms with van der Waals surface area (Å²) >= 11 is 7.21. The molecule has 3 nitrogen and oxygen atoms in total. The van der Waals surface area contributed by atoms with Crippen molar-refractivity contribution in [3.63, 3.8) is 0 Å². The van der Waals surface area contributed by atoms with E-state index in [4.69, 9.17) is 11.6 Å². The van der Waals surface area contributed by atoms with Crippen molar-refractivity contribution >= 4 is 28.8 Å². The smallest absolute Gasteiger partial charge is 0.341 e. The second-order valence-corrected chi connectivity index (χ2v) is 6.35. The third-order valence-corrected chi connectivity index (χ3v) is 4.55. The summed E-state index contributed by atoms with van der Waals surface area (Å²) in [5.74, 6) is -0.406. The molecule has 3 rings (SSSR count). The number of benzene rings is 1. The molecule has 1 aromatic carbocycles. The molecule has 0 fully saturated rings. The zero-order valence-electron chi connectivity index (χ0n) is 12.2. The minimum atomic E-state index is -4.61. The normalized spacial score (nSPS) is 18.4. The summed E-state index contributed by atoms with van der Waals surface area (Å²) in [6, 6.07) is 1.86. The third kappa shape index (κ3) is 3.16. The Hall–Kier alpha value is -1.93. The largest absolute Gasteiger partial charge is 0.416 e. The molecule has 126 valence electrons. The van der Waals surface area contributed by atoms with Crippen LogP contribution in [-0.2, 0) is 0 Å². The van der Waals surface area contributed by atoms with E-state index in [1.807, 2.05) is 0 Å². The number of thiazole rings is 1. The summed E-state index contributed by atoms with van der Waals surface area (Å²) in [5.41, 5.74) is -0.871. The summed E-state index contributed by atoms with van der Waals surface area (Å²) in [6.07, 6.45) is -3.08. The second-order valence-electron chi connectivity index (χ2n) is 5.04. The average molecular weight is 376 g/mol. The van der Waals surface area contributed by atoms with Crippen LogP contribution in [0.3, 0.4) is 0 Å². The number of aromatic nitrogens is 1. The zero-order valence-corrected chi connectivity index (χ0v) is 13.7. The fraction of sp³-hybridized carbons (Fsp3) is 0.200. The fourth-order valence-corrected chi connectivity index (χ4v) is 3.30. The van der Waals surface area contributed by atoms with E-state index in [9.17, 15) is 17.6 Å². The molecule has 0 bridgehead atoms. The van der Waals surface area contributed by atoms with Crippen molar-refractivity contribution in [1.29, 1.82) is 0 Å². The van der Waals surface area contributed by atoms with Gasteiger partial charge in [-0.2, -0.15) is 13.2 Å². The van der Waals surface area contributed by atoms with Gasteiger partial charge in [0.15, 0.2) is 10.8 Å². The first kappa shape index (κ1) is 16.9. The van der Waals surface area contributed by atoms with Crippen LogP contribution in [-0.4, -0.2) is 17.0 Å². The molecule has 0 saturated heterocycles. The van der Waals surface area contributed by atoms with E-state index in [0.717, 1.165) is 12.1 Å². The number of halogens is 5. The van der Waals surface area contributed by atoms with Crippen LogP contribution < -0.4 is 5.32 Å². The number of amidine groups is 1. The van der Waals surface area contributed by atoms with Crippen molar-refractivity contribution in [2.24, 2.45) is 4.99 Å². The van der Waals surface area contributed by atoms with Gasteiger partial charge in [-0.3, -0.25) is 4.99 Å². The standard InChI is InChI=1S/C15H10ClF4N3S/c1-7-11(15(18,19)20)12(9-3-2-8(17)6-10(9)16)23-13(22-7)14-21-4-5-24-14/h2-6,12H,1H3,(H,22,23). The number of allylic oxidation sites excluding steroid dienone is 1. The van der Waals surface area contributed by atoms with Crippen LogP contribution in [0.2, 0.25) is 5.02 Å². The molecular formula is C15H10ClF4N3S. The minimum absolute atomic E-state index is 0.0836. The van der Waals surface area contributed by atoms with Gasteiger partial charge in [0, 0.05) is 22.3 Å². The van der Waals surface area contributed by atoms with Crippen LogP contribution in [0, 0.1) is 5.82 Å². The Kier molecular flexibility index (Phi) is 4.35. The maximum Gasteiger partial charge on any atom is 0.416 e. The SMILES string of the molecule is CC1=C(C(F)(F)F)C(c2ccc(F)cc2Cl)N=C(c2nccs2)N1. The third-order valence-electron chi connectivity index (χ3n) is 3.44. The van der Waals surface area contributed by atoms with Gasteiger partial charge in [-0.1, -0.05) is 17.7 Å². The van der Waals surface area contributed by atoms with E-state index in [1.54, 1.807) is 5.38 Å². The number of hydrogen-bond donors (Lipinski definition) is 1. The Morgan fingerprint density at radius 1 is 1.29 bits per heavy atom. The van der Waals surface area contributed by atoms with Crippen LogP contribution in [0.15, 0.2) is 46.0 Å². The lowest BCUT2D eigenvalue weighted by molar-refractivity contribution is -0.0970. The van der Waals surface area contributed by atoms with E-state index in [1.165, 1.54) is 30.5 Å². The molecule has 24 heavy (non-hydrogen) atoms. The topological polar surface area (TPSA) is 37.3 Å². The first-order valence-electron chi connectivity index (χ1n) is 6.75. The maximum absolute atomic E-state index is 13.5. The number of nitrogens with zero attached hydrogens (tertiary/aromatic N) is 2. The van der Waals surface area contributed by atoms with Crippen molar-refractivity contribution in [2.45, 2.75) is 19.1 Å². The molecule has 0 amide bonds. The van der Waals surface area contributed by atoms with Gasteiger partial charge in [-0.15, -0.1) is 11.3 Å². The van der Waals surface area contributed by atoms with Gasteiger partial charge in [0.1, 0.15) is 11.9 Å². The van der Waals surface area contributed by atoms with Crippen molar-refractivity contribution in [3.05, 3.63) is 62.5 Å². The lowest BCUT2D eigenvalue weighted by Gasteiger charge is -2.28. The Morgan fingerprint density at radius 3 is 2.62 bits per heavy atom. The molecule has 0 aliphatic carbocycles. The average Bonchev–Trinajstić information content (AvgIpc) is 2.99. The molecule has 1 unspecified atom stereocenters. The van der Waals surface area contributed by atoms with E-state index in [0.29, 0.717) is 5.01 Å². The van der Waals surface area contributed by atoms with Gasteiger partial charge in [0.25, 0.3) is 0 Å². The molecule has 0 spiro atoms.